The van der Waals surface area contributed by atoms with Crippen LogP contribution < -0.4 is 15.9 Å². The van der Waals surface area contributed by atoms with Gasteiger partial charge in [-0.3, -0.25) is 9.88 Å². The maximum atomic E-state index is 13.5. The number of aromatic nitrogens is 2. The van der Waals surface area contributed by atoms with Crippen molar-refractivity contribution < 1.29 is 27.8 Å². The van der Waals surface area contributed by atoms with E-state index in [1.807, 2.05) is 6.07 Å². The van der Waals surface area contributed by atoms with Crippen molar-refractivity contribution in [1.29, 1.82) is 0 Å². The summed E-state index contributed by atoms with van der Waals surface area (Å²) < 4.78 is 51.2. The van der Waals surface area contributed by atoms with Crippen LogP contribution in [0.3, 0.4) is 0 Å². The second-order valence-corrected chi connectivity index (χ2v) is 9.03. The third-order valence-corrected chi connectivity index (χ3v) is 6.88. The van der Waals surface area contributed by atoms with Crippen molar-refractivity contribution in [3.05, 3.63) is 39.6 Å². The molecule has 2 aliphatic heterocycles. The van der Waals surface area contributed by atoms with E-state index in [1.165, 1.54) is 0 Å². The number of anilines is 1. The Kier molecular flexibility index (Phi) is 8.04. The van der Waals surface area contributed by atoms with Crippen LogP contribution in [0.1, 0.15) is 17.1 Å². The molecule has 0 amide bonds. The Balaban J connectivity index is 1.69. The minimum atomic E-state index is -4.52. The summed E-state index contributed by atoms with van der Waals surface area (Å²) in [5.74, 6) is 0. The Bertz CT molecular complexity index is 1090. The van der Waals surface area contributed by atoms with Crippen molar-refractivity contribution >= 4 is 28.2 Å². The molecule has 0 aliphatic carbocycles. The van der Waals surface area contributed by atoms with E-state index in [9.17, 15) is 13.2 Å². The Morgan fingerprint density at radius 1 is 1.26 bits per heavy atom. The summed E-state index contributed by atoms with van der Waals surface area (Å²) in [6.07, 6.45) is -0.433. The number of hydrogen-bond acceptors (Lipinski definition) is 9. The number of hydrogen-bond donors (Lipinski definition) is 2. The fourth-order valence-corrected chi connectivity index (χ4v) is 5.06. The molecule has 1 saturated heterocycles. The topological polar surface area (TPSA) is 83.0 Å². The molecule has 2 aromatic heterocycles. The number of methoxy groups -OCH3 is 1. The summed E-state index contributed by atoms with van der Waals surface area (Å²) in [6, 6.07) is 3.79. The average molecular weight is 500 g/mol. The molecule has 0 bridgehead atoms. The Hall–Kier alpha value is -2.25. The number of aliphatic hydroxyl groups excluding tert-OH is 1. The van der Waals surface area contributed by atoms with Gasteiger partial charge < -0.3 is 24.8 Å². The highest BCUT2D eigenvalue weighted by Crippen LogP contribution is 2.39. The van der Waals surface area contributed by atoms with Crippen LogP contribution in [0.4, 0.5) is 18.2 Å². The number of piperazine rings is 1. The fourth-order valence-electron chi connectivity index (χ4n) is 4.25. The van der Waals surface area contributed by atoms with Gasteiger partial charge in [-0.25, -0.2) is 4.98 Å². The summed E-state index contributed by atoms with van der Waals surface area (Å²) in [4.78, 5) is 13.0. The predicted octanol–water partition coefficient (Wildman–Crippen LogP) is 0.908. The van der Waals surface area contributed by atoms with E-state index in [4.69, 9.17) is 14.6 Å². The minimum absolute atomic E-state index is 0.0213. The van der Waals surface area contributed by atoms with Gasteiger partial charge in [0.25, 0.3) is 0 Å². The molecule has 1 unspecified atom stereocenters. The second-order valence-electron chi connectivity index (χ2n) is 8.03. The van der Waals surface area contributed by atoms with Gasteiger partial charge in [0.15, 0.2) is 0 Å². The molecule has 4 heterocycles. The number of nitrogens with zero attached hydrogens (tertiary/aromatic N) is 4. The smallest absolute Gasteiger partial charge is 0.394 e. The van der Waals surface area contributed by atoms with Gasteiger partial charge in [0, 0.05) is 63.6 Å². The zero-order valence-electron chi connectivity index (χ0n) is 18.8. The molecular formula is C22H28F3N5O3S. The van der Waals surface area contributed by atoms with Gasteiger partial charge in [0.1, 0.15) is 10.7 Å². The largest absolute Gasteiger partial charge is 0.443 e. The molecule has 2 aliphatic rings. The van der Waals surface area contributed by atoms with E-state index in [2.05, 4.69) is 25.1 Å². The number of ether oxygens (including phenoxy) is 2. The maximum absolute atomic E-state index is 13.5. The summed E-state index contributed by atoms with van der Waals surface area (Å²) >= 11 is 0.604. The zero-order chi connectivity index (χ0) is 24.1. The second kappa shape index (κ2) is 11.0. The number of thiazole rings is 1. The molecule has 4 rings (SSSR count). The number of rotatable bonds is 9. The molecular weight excluding hydrogens is 471 g/mol. The lowest BCUT2D eigenvalue weighted by Gasteiger charge is -2.43. The van der Waals surface area contributed by atoms with E-state index in [0.29, 0.717) is 73.4 Å². The van der Waals surface area contributed by atoms with E-state index >= 15 is 0 Å². The first-order valence-electron chi connectivity index (χ1n) is 11.1. The highest BCUT2D eigenvalue weighted by atomic mass is 32.1. The molecule has 186 valence electrons. The summed E-state index contributed by atoms with van der Waals surface area (Å²) in [5.41, 5.74) is 0.883. The molecule has 0 aromatic carbocycles. The van der Waals surface area contributed by atoms with Crippen LogP contribution in [0.15, 0.2) is 18.3 Å². The molecule has 0 spiro atoms. The molecule has 34 heavy (non-hydrogen) atoms. The first kappa shape index (κ1) is 24.9. The molecule has 0 saturated carbocycles. The molecule has 8 nitrogen and oxygen atoms in total. The minimum Gasteiger partial charge on any atom is -0.394 e. The van der Waals surface area contributed by atoms with Crippen molar-refractivity contribution in [2.45, 2.75) is 18.6 Å². The third-order valence-electron chi connectivity index (χ3n) is 5.85. The molecule has 0 radical (unpaired) electrons. The van der Waals surface area contributed by atoms with E-state index < -0.39 is 11.2 Å². The zero-order valence-corrected chi connectivity index (χ0v) is 19.7. The predicted molar refractivity (Wildman–Crippen MR) is 123 cm³/mol. The fraction of sp³-hybridized carbons (Fsp3) is 0.545. The van der Waals surface area contributed by atoms with Crippen LogP contribution in [0, 0.1) is 0 Å². The van der Waals surface area contributed by atoms with Crippen LogP contribution >= 0.6 is 11.3 Å². The molecule has 1 atom stereocenters. The number of pyridine rings is 1. The number of halogens is 3. The highest BCUT2D eigenvalue weighted by Gasteiger charge is 2.38. The first-order valence-corrected chi connectivity index (χ1v) is 11.9. The normalized spacial score (nSPS) is 18.7. The van der Waals surface area contributed by atoms with Gasteiger partial charge in [-0.1, -0.05) is 11.3 Å². The van der Waals surface area contributed by atoms with Crippen LogP contribution in [0.5, 0.6) is 0 Å². The van der Waals surface area contributed by atoms with Gasteiger partial charge in [0.05, 0.1) is 30.9 Å². The first-order chi connectivity index (χ1) is 16.4. The van der Waals surface area contributed by atoms with Gasteiger partial charge in [-0.2, -0.15) is 13.2 Å². The Morgan fingerprint density at radius 3 is 2.88 bits per heavy atom. The SMILES string of the molecule is COCCC1CN(C2=c3ncccc3=CNc3sc(C(F)(F)F)nc32)CCN1CCOCCO. The average Bonchev–Trinajstić information content (AvgIpc) is 3.19. The van der Waals surface area contributed by atoms with Crippen molar-refractivity contribution in [2.75, 3.05) is 65.0 Å². The van der Waals surface area contributed by atoms with E-state index in [1.54, 1.807) is 25.6 Å². The highest BCUT2D eigenvalue weighted by molar-refractivity contribution is 7.16. The summed E-state index contributed by atoms with van der Waals surface area (Å²) in [6.45, 7) is 3.92. The Labute approximate surface area is 199 Å². The molecule has 12 heteroatoms. The Morgan fingerprint density at radius 2 is 2.12 bits per heavy atom. The van der Waals surface area contributed by atoms with Crippen LogP contribution in [0.2, 0.25) is 0 Å². The third kappa shape index (κ3) is 5.52. The van der Waals surface area contributed by atoms with Crippen LogP contribution in [0.25, 0.3) is 11.9 Å². The standard InChI is InChI=1S/C22H28F3N5O3S/c1-32-10-4-16-14-30(7-6-29(16)8-11-33-12-9-31)19-17-15(3-2-5-26-17)13-27-20-18(19)28-21(34-20)22(23,24)25/h2-3,5,13,16,27,31H,4,6-12,14H2,1H3. The van der Waals surface area contributed by atoms with E-state index in [-0.39, 0.29) is 18.3 Å². The van der Waals surface area contributed by atoms with Gasteiger partial charge in [-0.05, 0) is 18.6 Å². The lowest BCUT2D eigenvalue weighted by Crippen LogP contribution is -2.55. The maximum Gasteiger partial charge on any atom is 0.443 e. The van der Waals surface area contributed by atoms with Crippen molar-refractivity contribution in [2.24, 2.45) is 0 Å². The monoisotopic (exact) mass is 499 g/mol. The summed E-state index contributed by atoms with van der Waals surface area (Å²) in [7, 11) is 1.65. The van der Waals surface area contributed by atoms with Crippen molar-refractivity contribution in [3.8, 4) is 0 Å². The number of aliphatic hydroxyl groups is 1. The van der Waals surface area contributed by atoms with Crippen LogP contribution in [-0.2, 0) is 15.7 Å². The summed E-state index contributed by atoms with van der Waals surface area (Å²) in [5, 5.41) is 12.8. The van der Waals surface area contributed by atoms with Crippen LogP contribution in [-0.4, -0.2) is 90.6 Å². The number of nitrogens with one attached hydrogen (secondary N) is 1. The van der Waals surface area contributed by atoms with Crippen molar-refractivity contribution in [1.82, 2.24) is 19.8 Å². The quantitative estimate of drug-likeness (QED) is 0.493. The molecule has 2 aromatic rings. The van der Waals surface area contributed by atoms with Crippen molar-refractivity contribution in [3.63, 3.8) is 0 Å². The lowest BCUT2D eigenvalue weighted by molar-refractivity contribution is -0.137. The molecule has 1 fully saturated rings. The molecule has 2 N–H and O–H groups in total. The number of fused-ring (bicyclic) bond motifs is 2. The van der Waals surface area contributed by atoms with Gasteiger partial charge >= 0.3 is 6.18 Å². The van der Waals surface area contributed by atoms with E-state index in [0.717, 1.165) is 11.6 Å². The van der Waals surface area contributed by atoms with Gasteiger partial charge in [0.2, 0.25) is 5.01 Å². The lowest BCUT2D eigenvalue weighted by atomic mass is 10.1. The number of alkyl halides is 3. The van der Waals surface area contributed by atoms with Gasteiger partial charge in [-0.15, -0.1) is 0 Å².